The Morgan fingerprint density at radius 3 is 2.56 bits per heavy atom. The van der Waals surface area contributed by atoms with Gasteiger partial charge in [-0.2, -0.15) is 0 Å². The molecule has 2 aliphatic carbocycles. The molecule has 0 spiro atoms. The topological polar surface area (TPSA) is 81.4 Å². The number of carbonyl (C=O) groups is 2. The molecule has 1 saturated carbocycles. The van der Waals surface area contributed by atoms with Crippen molar-refractivity contribution in [1.29, 1.82) is 0 Å². The molecule has 0 aromatic heterocycles. The molecular formula is C21H23FN2O3. The predicted molar refractivity (Wildman–Crippen MR) is 98.2 cm³/mol. The van der Waals surface area contributed by atoms with Crippen LogP contribution in [0.5, 0.6) is 0 Å². The standard InChI is InChI=1S/C21H23FN2O3/c1-24-19(25)15-10-21(20(23)26,13-7-8-13)9-14-17(12-5-3-2-4-6-12)16(11-22)27-18(14)15/h2-6,10,13,16-17H,7-9,11H2,1H3,(H2,23,26)(H,24,25). The number of alkyl halides is 1. The third-order valence-electron chi connectivity index (χ3n) is 5.98. The molecule has 1 heterocycles. The van der Waals surface area contributed by atoms with Crippen LogP contribution in [0.1, 0.15) is 30.7 Å². The van der Waals surface area contributed by atoms with E-state index in [9.17, 15) is 14.0 Å². The highest BCUT2D eigenvalue weighted by molar-refractivity contribution is 6.00. The molecule has 3 unspecified atom stereocenters. The van der Waals surface area contributed by atoms with Crippen LogP contribution in [0.4, 0.5) is 4.39 Å². The van der Waals surface area contributed by atoms with Gasteiger partial charge in [0.25, 0.3) is 5.91 Å². The molecule has 6 heteroatoms. The van der Waals surface area contributed by atoms with E-state index < -0.39 is 24.1 Å². The Hall–Kier alpha value is -2.63. The fourth-order valence-electron chi connectivity index (χ4n) is 4.50. The Bertz CT molecular complexity index is 844. The number of rotatable bonds is 5. The second-order valence-corrected chi connectivity index (χ2v) is 7.55. The van der Waals surface area contributed by atoms with E-state index in [1.165, 1.54) is 7.05 Å². The molecule has 1 aliphatic heterocycles. The van der Waals surface area contributed by atoms with E-state index in [0.29, 0.717) is 17.8 Å². The van der Waals surface area contributed by atoms with Gasteiger partial charge in [0.1, 0.15) is 18.5 Å². The minimum absolute atomic E-state index is 0.115. The lowest BCUT2D eigenvalue weighted by Gasteiger charge is -2.33. The number of carbonyl (C=O) groups excluding carboxylic acids is 2. The number of nitrogens with two attached hydrogens (primary N) is 1. The van der Waals surface area contributed by atoms with Crippen LogP contribution in [0.3, 0.4) is 0 Å². The zero-order valence-corrected chi connectivity index (χ0v) is 15.2. The third-order valence-corrected chi connectivity index (χ3v) is 5.98. The smallest absolute Gasteiger partial charge is 0.254 e. The Labute approximate surface area is 157 Å². The predicted octanol–water partition coefficient (Wildman–Crippen LogP) is 2.35. The van der Waals surface area contributed by atoms with Crippen molar-refractivity contribution in [3.05, 3.63) is 58.9 Å². The summed E-state index contributed by atoms with van der Waals surface area (Å²) in [4.78, 5) is 25.1. The number of halogens is 1. The molecule has 1 aromatic rings. The van der Waals surface area contributed by atoms with Crippen LogP contribution in [-0.4, -0.2) is 31.6 Å². The largest absolute Gasteiger partial charge is 0.486 e. The Balaban J connectivity index is 1.86. The lowest BCUT2D eigenvalue weighted by Crippen LogP contribution is -2.41. The molecule has 3 aliphatic rings. The maximum absolute atomic E-state index is 13.8. The summed E-state index contributed by atoms with van der Waals surface area (Å²) in [5.74, 6) is -0.599. The summed E-state index contributed by atoms with van der Waals surface area (Å²) >= 11 is 0. The first-order valence-electron chi connectivity index (χ1n) is 9.27. The van der Waals surface area contributed by atoms with Gasteiger partial charge >= 0.3 is 0 Å². The fourth-order valence-corrected chi connectivity index (χ4v) is 4.50. The number of benzene rings is 1. The van der Waals surface area contributed by atoms with Crippen LogP contribution < -0.4 is 11.1 Å². The molecule has 4 rings (SSSR count). The number of nitrogens with one attached hydrogen (secondary N) is 1. The maximum Gasteiger partial charge on any atom is 0.254 e. The summed E-state index contributed by atoms with van der Waals surface area (Å²) in [6, 6.07) is 9.53. The average Bonchev–Trinajstić information content (AvgIpc) is 3.48. The van der Waals surface area contributed by atoms with E-state index >= 15 is 0 Å². The zero-order chi connectivity index (χ0) is 19.2. The van der Waals surface area contributed by atoms with Gasteiger partial charge in [0.15, 0.2) is 0 Å². The highest BCUT2D eigenvalue weighted by Gasteiger charge is 2.55. The quantitative estimate of drug-likeness (QED) is 0.835. The normalized spacial score (nSPS) is 29.6. The van der Waals surface area contributed by atoms with Crippen LogP contribution in [-0.2, 0) is 14.3 Å². The molecule has 142 valence electrons. The molecular weight excluding hydrogens is 347 g/mol. The molecule has 1 aromatic carbocycles. The monoisotopic (exact) mass is 370 g/mol. The van der Waals surface area contributed by atoms with Crippen molar-refractivity contribution in [2.24, 2.45) is 17.1 Å². The Morgan fingerprint density at radius 1 is 1.30 bits per heavy atom. The van der Waals surface area contributed by atoms with Crippen molar-refractivity contribution < 1.29 is 18.7 Å². The second kappa shape index (κ2) is 6.51. The van der Waals surface area contributed by atoms with Gasteiger partial charge in [-0.15, -0.1) is 0 Å². The number of likely N-dealkylation sites (N-methyl/N-ethyl adjacent to an activating group) is 1. The number of hydrogen-bond donors (Lipinski definition) is 2. The van der Waals surface area contributed by atoms with Gasteiger partial charge in [-0.1, -0.05) is 36.4 Å². The molecule has 27 heavy (non-hydrogen) atoms. The molecule has 0 radical (unpaired) electrons. The van der Waals surface area contributed by atoms with E-state index in [1.54, 1.807) is 6.08 Å². The number of amides is 2. The molecule has 1 fully saturated rings. The van der Waals surface area contributed by atoms with Crippen LogP contribution in [0.25, 0.3) is 0 Å². The van der Waals surface area contributed by atoms with Gasteiger partial charge in [-0.25, -0.2) is 4.39 Å². The van der Waals surface area contributed by atoms with Crippen LogP contribution in [0.2, 0.25) is 0 Å². The number of hydrogen-bond acceptors (Lipinski definition) is 3. The van der Waals surface area contributed by atoms with Crippen LogP contribution in [0, 0.1) is 11.3 Å². The molecule has 2 amide bonds. The van der Waals surface area contributed by atoms with Crippen molar-refractivity contribution in [2.75, 3.05) is 13.7 Å². The van der Waals surface area contributed by atoms with Gasteiger partial charge in [-0.05, 0) is 36.3 Å². The summed E-state index contributed by atoms with van der Waals surface area (Å²) in [6.07, 6.45) is 3.12. The van der Waals surface area contributed by atoms with E-state index in [2.05, 4.69) is 5.32 Å². The summed E-state index contributed by atoms with van der Waals surface area (Å²) in [7, 11) is 1.53. The average molecular weight is 370 g/mol. The molecule has 5 nitrogen and oxygen atoms in total. The van der Waals surface area contributed by atoms with E-state index in [4.69, 9.17) is 10.5 Å². The molecule has 3 N–H and O–H groups in total. The summed E-state index contributed by atoms with van der Waals surface area (Å²) in [5, 5.41) is 2.60. The Kier molecular flexibility index (Phi) is 4.29. The maximum atomic E-state index is 13.8. The molecule has 3 atom stereocenters. The van der Waals surface area contributed by atoms with Crippen LogP contribution in [0.15, 0.2) is 53.3 Å². The van der Waals surface area contributed by atoms with E-state index in [0.717, 1.165) is 24.0 Å². The zero-order valence-electron chi connectivity index (χ0n) is 15.2. The summed E-state index contributed by atoms with van der Waals surface area (Å²) in [5.41, 5.74) is 6.92. The van der Waals surface area contributed by atoms with Crippen molar-refractivity contribution in [3.63, 3.8) is 0 Å². The lowest BCUT2D eigenvalue weighted by molar-refractivity contribution is -0.126. The number of ether oxygens (including phenoxy) is 1. The third kappa shape index (κ3) is 2.74. The van der Waals surface area contributed by atoms with Gasteiger partial charge in [0, 0.05) is 13.0 Å². The van der Waals surface area contributed by atoms with E-state index in [1.807, 2.05) is 30.3 Å². The highest BCUT2D eigenvalue weighted by atomic mass is 19.1. The first kappa shape index (κ1) is 17.8. The SMILES string of the molecule is CNC(=O)C1=CC(C(N)=O)(C2CC2)CC2=C1OC(CF)C2c1ccccc1. The second-order valence-electron chi connectivity index (χ2n) is 7.55. The van der Waals surface area contributed by atoms with Gasteiger partial charge < -0.3 is 15.8 Å². The van der Waals surface area contributed by atoms with Crippen molar-refractivity contribution in [1.82, 2.24) is 5.32 Å². The summed E-state index contributed by atoms with van der Waals surface area (Å²) in [6.45, 7) is -0.680. The first-order chi connectivity index (χ1) is 13.0. The van der Waals surface area contributed by atoms with Gasteiger partial charge in [0.2, 0.25) is 5.91 Å². The van der Waals surface area contributed by atoms with Gasteiger partial charge in [-0.3, -0.25) is 9.59 Å². The first-order valence-corrected chi connectivity index (χ1v) is 9.27. The van der Waals surface area contributed by atoms with Gasteiger partial charge in [0.05, 0.1) is 11.0 Å². The van der Waals surface area contributed by atoms with E-state index in [-0.39, 0.29) is 17.7 Å². The van der Waals surface area contributed by atoms with Crippen molar-refractivity contribution in [3.8, 4) is 0 Å². The molecule has 0 bridgehead atoms. The number of primary amides is 1. The minimum Gasteiger partial charge on any atom is -0.486 e. The highest BCUT2D eigenvalue weighted by Crippen LogP contribution is 2.57. The van der Waals surface area contributed by atoms with Crippen molar-refractivity contribution in [2.45, 2.75) is 31.3 Å². The van der Waals surface area contributed by atoms with Crippen molar-refractivity contribution >= 4 is 11.8 Å². The lowest BCUT2D eigenvalue weighted by atomic mass is 9.68. The fraction of sp³-hybridized carbons (Fsp3) is 0.429. The Morgan fingerprint density at radius 2 is 2.00 bits per heavy atom. The molecule has 0 saturated heterocycles. The van der Waals surface area contributed by atoms with Crippen LogP contribution >= 0.6 is 0 Å². The minimum atomic E-state index is -0.914. The summed E-state index contributed by atoms with van der Waals surface area (Å²) < 4.78 is 19.8.